The molecule has 0 rings (SSSR count). The zero-order valence-corrected chi connectivity index (χ0v) is 7.18. The minimum Gasteiger partial charge on any atom is -0.870 e. The fourth-order valence-electron chi connectivity index (χ4n) is 0. The Morgan fingerprint density at radius 2 is 1.33 bits per heavy atom. The Bertz CT molecular complexity index is 55.9. The van der Waals surface area contributed by atoms with Gasteiger partial charge in [0, 0.05) is 0 Å². The molecule has 0 saturated carbocycles. The van der Waals surface area contributed by atoms with Gasteiger partial charge < -0.3 is 5.48 Å². The fraction of sp³-hybridized carbons (Fsp3) is 0. The maximum absolute atomic E-state index is 8.59. The molecule has 2 N–H and O–H groups in total. The third-order valence-electron chi connectivity index (χ3n) is 0. The van der Waals surface area contributed by atoms with Crippen molar-refractivity contribution in [3.05, 3.63) is 0 Å². The van der Waals surface area contributed by atoms with Crippen LogP contribution >= 0.6 is 0 Å². The Balaban J connectivity index is -0.0000000450. The first-order valence-corrected chi connectivity index (χ1v) is 1.70. The van der Waals surface area contributed by atoms with Gasteiger partial charge in [0.2, 0.25) is 0 Å². The van der Waals surface area contributed by atoms with E-state index in [9.17, 15) is 0 Å². The summed E-state index contributed by atoms with van der Waals surface area (Å²) in [6, 6.07) is 0. The van der Waals surface area contributed by atoms with Crippen LogP contribution in [0.3, 0.4) is 0 Å². The van der Waals surface area contributed by atoms with E-state index in [1.165, 1.54) is 0 Å². The second kappa shape index (κ2) is 9.71. The van der Waals surface area contributed by atoms with Gasteiger partial charge in [-0.2, -0.15) is 0 Å². The van der Waals surface area contributed by atoms with Crippen LogP contribution < -0.4 is 51.4 Å². The maximum atomic E-state index is 8.59. The molecule has 0 saturated heterocycles. The summed E-state index contributed by atoms with van der Waals surface area (Å²) in [5.41, 5.74) is 0. The fourth-order valence-corrected chi connectivity index (χ4v) is 0. The minimum absolute atomic E-state index is 0. The van der Waals surface area contributed by atoms with Gasteiger partial charge in [-0.15, -0.1) is 0 Å². The molecule has 4 nitrogen and oxygen atoms in total. The first kappa shape index (κ1) is 15.6. The van der Waals surface area contributed by atoms with Crippen molar-refractivity contribution in [3.8, 4) is 0 Å². The Morgan fingerprint density at radius 3 is 1.33 bits per heavy atom. The van der Waals surface area contributed by atoms with Crippen LogP contribution in [0.15, 0.2) is 0 Å². The first-order chi connectivity index (χ1) is 1.73. The van der Waals surface area contributed by atoms with Crippen molar-refractivity contribution in [1.82, 2.24) is 0 Å². The van der Waals surface area contributed by atoms with Crippen LogP contribution in [-0.2, 0) is 11.0 Å². The van der Waals surface area contributed by atoms with Crippen LogP contribution in [0, 0.1) is 0 Å². The number of rotatable bonds is 0. The van der Waals surface area contributed by atoms with Crippen LogP contribution in [0.2, 0.25) is 0 Å². The van der Waals surface area contributed by atoms with Gasteiger partial charge in [0.05, 0.1) is 0 Å². The molecule has 0 heterocycles. The van der Waals surface area contributed by atoms with Crippen LogP contribution in [0.1, 0.15) is 0 Å². The molecule has 0 radical (unpaired) electrons. The van der Waals surface area contributed by atoms with E-state index in [0.29, 0.717) is 0 Å². The van der Waals surface area contributed by atoms with Crippen molar-refractivity contribution < 1.29 is 69.8 Å². The summed E-state index contributed by atoms with van der Waals surface area (Å²) in [6.45, 7) is 0. The summed E-state index contributed by atoms with van der Waals surface area (Å²) in [6.07, 6.45) is 0. The smallest absolute Gasteiger partial charge is 0.870 e. The van der Waals surface area contributed by atoms with Crippen molar-refractivity contribution in [2.24, 2.45) is 0 Å². The standard InChI is InChI=1S/K.H2O3S.H2O/c;1-4(2)3;/h;4H,(H,1,2,3);1H2/q+1;;/p-1. The molecule has 0 atom stereocenters. The Morgan fingerprint density at radius 1 is 1.33 bits per heavy atom. The van der Waals surface area contributed by atoms with Gasteiger partial charge in [-0.3, -0.25) is 4.55 Å². The third-order valence-corrected chi connectivity index (χ3v) is 0. The summed E-state index contributed by atoms with van der Waals surface area (Å²) < 4.78 is 24.2. The second-order valence-electron chi connectivity index (χ2n) is 0.238. The molecular formula is H3KO4S. The van der Waals surface area contributed by atoms with Gasteiger partial charge >= 0.3 is 51.4 Å². The number of thiol groups is 1. The van der Waals surface area contributed by atoms with E-state index in [1.54, 1.807) is 0 Å². The maximum Gasteiger partial charge on any atom is 1.00 e. The van der Waals surface area contributed by atoms with Gasteiger partial charge in [0.25, 0.3) is 11.0 Å². The summed E-state index contributed by atoms with van der Waals surface area (Å²) in [5.74, 6) is 0. The normalized spacial score (nSPS) is 5.67. The van der Waals surface area contributed by atoms with Gasteiger partial charge in [0.1, 0.15) is 0 Å². The quantitative estimate of drug-likeness (QED) is 0.202. The predicted octanol–water partition coefficient (Wildman–Crippen LogP) is -4.10. The summed E-state index contributed by atoms with van der Waals surface area (Å²) in [4.78, 5) is 0. The van der Waals surface area contributed by atoms with Crippen LogP contribution in [-0.4, -0.2) is 18.4 Å². The molecule has 0 amide bonds. The van der Waals surface area contributed by atoms with Crippen LogP contribution in [0.4, 0.5) is 0 Å². The van der Waals surface area contributed by atoms with Crippen molar-refractivity contribution in [3.63, 3.8) is 0 Å². The van der Waals surface area contributed by atoms with Crippen molar-refractivity contribution in [1.29, 1.82) is 0 Å². The van der Waals surface area contributed by atoms with Gasteiger partial charge in [-0.25, -0.2) is 8.42 Å². The average molecular weight is 138 g/mol. The molecule has 6 heavy (non-hydrogen) atoms. The molecule has 0 aliphatic rings. The van der Waals surface area contributed by atoms with Crippen molar-refractivity contribution in [2.45, 2.75) is 0 Å². The molecule has 34 valence electrons. The Labute approximate surface area is 79.4 Å². The molecule has 0 bridgehead atoms. The molecule has 0 aromatic heterocycles. The topological polar surface area (TPSA) is 84.4 Å². The van der Waals surface area contributed by atoms with Crippen molar-refractivity contribution in [2.75, 3.05) is 0 Å². The van der Waals surface area contributed by atoms with Crippen LogP contribution in [0.5, 0.6) is 0 Å². The van der Waals surface area contributed by atoms with Gasteiger partial charge in [-0.05, 0) is 0 Å². The number of hydrogen-bond acceptors (Lipinski definition) is 3. The SMILES string of the molecule is O=[SH](=O)O.[K+].[OH-]. The molecular weight excluding hydrogens is 135 g/mol. The predicted molar refractivity (Wildman–Crippen MR) is 14.9 cm³/mol. The van der Waals surface area contributed by atoms with Crippen molar-refractivity contribution >= 4 is 11.0 Å². The first-order valence-electron chi connectivity index (χ1n) is 0.565. The number of hydrogen-bond donors (Lipinski definition) is 2. The van der Waals surface area contributed by atoms with Gasteiger partial charge in [0.15, 0.2) is 0 Å². The van der Waals surface area contributed by atoms with Crippen LogP contribution in [0.25, 0.3) is 0 Å². The summed E-state index contributed by atoms with van der Waals surface area (Å²) >= 11 is 0. The van der Waals surface area contributed by atoms with E-state index in [4.69, 9.17) is 13.0 Å². The molecule has 0 aliphatic carbocycles. The molecule has 0 spiro atoms. The van der Waals surface area contributed by atoms with E-state index in [1.807, 2.05) is 0 Å². The molecule has 0 unspecified atom stereocenters. The summed E-state index contributed by atoms with van der Waals surface area (Å²) in [5, 5.41) is 0. The Hall–Kier alpha value is 1.51. The van der Waals surface area contributed by atoms with E-state index in [-0.39, 0.29) is 56.9 Å². The molecule has 0 aliphatic heterocycles. The average Bonchev–Trinajstić information content (AvgIpc) is 0.811. The monoisotopic (exact) mass is 138 g/mol. The summed E-state index contributed by atoms with van der Waals surface area (Å²) in [7, 11) is -3.12. The largest absolute Gasteiger partial charge is 1.00 e. The van der Waals surface area contributed by atoms with E-state index >= 15 is 0 Å². The minimum atomic E-state index is -3.12. The van der Waals surface area contributed by atoms with Gasteiger partial charge in [-0.1, -0.05) is 0 Å². The molecule has 0 aromatic carbocycles. The van der Waals surface area contributed by atoms with E-state index in [0.717, 1.165) is 0 Å². The zero-order valence-electron chi connectivity index (χ0n) is 3.16. The third kappa shape index (κ3) is 49.3. The second-order valence-corrected chi connectivity index (χ2v) is 0.714. The molecule has 0 aromatic rings. The Kier molecular flexibility index (Phi) is 25.3. The van der Waals surface area contributed by atoms with E-state index in [2.05, 4.69) is 0 Å². The van der Waals surface area contributed by atoms with E-state index < -0.39 is 11.0 Å². The molecule has 6 heteroatoms. The molecule has 0 fully saturated rings. The zero-order chi connectivity index (χ0) is 3.58.